The van der Waals surface area contributed by atoms with Crippen LogP contribution in [0.1, 0.15) is 12.8 Å². The van der Waals surface area contributed by atoms with Crippen LogP contribution in [-0.2, 0) is 18.6 Å². The Morgan fingerprint density at radius 1 is 0.792 bits per heavy atom. The van der Waals surface area contributed by atoms with Gasteiger partial charge >= 0.3 is 20.5 Å². The Kier molecular flexibility index (Phi) is 16.0. The van der Waals surface area contributed by atoms with E-state index < -0.39 is 20.5 Å². The predicted molar refractivity (Wildman–Crippen MR) is 93.4 cm³/mol. The van der Waals surface area contributed by atoms with Gasteiger partial charge < -0.3 is 24.2 Å². The van der Waals surface area contributed by atoms with Crippen LogP contribution >= 0.6 is 8.60 Å². The quantitative estimate of drug-likeness (QED) is 0.279. The van der Waals surface area contributed by atoms with Crippen LogP contribution in [0.5, 0.6) is 0 Å². The lowest BCUT2D eigenvalue weighted by atomic mass is 10.0. The predicted octanol–water partition coefficient (Wildman–Crippen LogP) is 3.22. The van der Waals surface area contributed by atoms with Gasteiger partial charge in [-0.15, -0.1) is 26.3 Å². The van der Waals surface area contributed by atoms with Crippen molar-refractivity contribution in [3.05, 3.63) is 61.8 Å². The molecule has 0 aromatic carbocycles. The second-order valence-electron chi connectivity index (χ2n) is 3.96. The van der Waals surface area contributed by atoms with E-state index in [9.17, 15) is 9.59 Å². The fourth-order valence-electron chi connectivity index (χ4n) is 1.24. The lowest BCUT2D eigenvalue weighted by Gasteiger charge is -2.06. The molecule has 3 N–H and O–H groups in total. The Morgan fingerprint density at radius 3 is 1.33 bits per heavy atom. The summed E-state index contributed by atoms with van der Waals surface area (Å²) in [5, 5.41) is 17.5. The lowest BCUT2D eigenvalue weighted by molar-refractivity contribution is -0.136. The van der Waals surface area contributed by atoms with Crippen LogP contribution in [0.25, 0.3) is 0 Å². The van der Waals surface area contributed by atoms with Gasteiger partial charge in [0.1, 0.15) is 0 Å². The fraction of sp³-hybridized carbons (Fsp3) is 0.250. The third-order valence-electron chi connectivity index (χ3n) is 2.18. The largest absolute Gasteiger partial charge is 0.478 e. The van der Waals surface area contributed by atoms with Gasteiger partial charge in [0.15, 0.2) is 0 Å². The molecule has 0 spiro atoms. The molecule has 0 atom stereocenters. The van der Waals surface area contributed by atoms with Gasteiger partial charge in [0, 0.05) is 0 Å². The maximum Gasteiger partial charge on any atom is 0.332 e. The Bertz CT molecular complexity index is 441. The molecule has 0 aromatic heterocycles. The van der Waals surface area contributed by atoms with E-state index in [1.165, 1.54) is 12.2 Å². The fourth-order valence-corrected chi connectivity index (χ4v) is 1.78. The van der Waals surface area contributed by atoms with Gasteiger partial charge in [0.25, 0.3) is 0 Å². The monoisotopic (exact) mass is 358 g/mol. The van der Waals surface area contributed by atoms with Crippen molar-refractivity contribution in [2.75, 3.05) is 13.2 Å². The molecule has 0 aliphatic carbocycles. The van der Waals surface area contributed by atoms with Crippen LogP contribution in [0.3, 0.4) is 0 Å². The highest BCUT2D eigenvalue weighted by atomic mass is 31.2. The summed E-state index contributed by atoms with van der Waals surface area (Å²) in [4.78, 5) is 30.2. The first-order valence-corrected chi connectivity index (χ1v) is 7.85. The molecule has 7 nitrogen and oxygen atoms in total. The first kappa shape index (κ1) is 24.2. The minimum Gasteiger partial charge on any atom is -0.478 e. The molecular weight excluding hydrogens is 335 g/mol. The van der Waals surface area contributed by atoms with Gasteiger partial charge in [-0.25, -0.2) is 9.59 Å². The van der Waals surface area contributed by atoms with E-state index in [1.54, 1.807) is 12.2 Å². The standard InChI is InChI=1S/C10H12O4.C6H11O3P/c1-3-5-7(9(11)12)8(6-4-2)10(13)14;1-3-5-8-10(7)9-6-4-2/h3-4H,1-2,5-6H2,(H,11,12)(H,13,14);3-4,7H,1-2,5-6H2/b8-7+;. The Hall–Kier alpha value is -2.05. The van der Waals surface area contributed by atoms with Crippen LogP contribution in [0.2, 0.25) is 0 Å². The molecule has 0 aromatic rings. The van der Waals surface area contributed by atoms with Crippen molar-refractivity contribution in [1.82, 2.24) is 0 Å². The number of rotatable bonds is 12. The van der Waals surface area contributed by atoms with Crippen molar-refractivity contribution in [2.24, 2.45) is 0 Å². The molecule has 0 aliphatic rings. The highest BCUT2D eigenvalue weighted by molar-refractivity contribution is 7.40. The zero-order valence-corrected chi connectivity index (χ0v) is 14.3. The van der Waals surface area contributed by atoms with Gasteiger partial charge in [0.05, 0.1) is 24.4 Å². The molecule has 0 amide bonds. The first-order chi connectivity index (χ1) is 11.3. The number of hydrogen-bond acceptors (Lipinski definition) is 5. The smallest absolute Gasteiger partial charge is 0.332 e. The molecular formula is C16H23O7P. The summed E-state index contributed by atoms with van der Waals surface area (Å²) >= 11 is 0. The van der Waals surface area contributed by atoms with E-state index in [4.69, 9.17) is 24.2 Å². The molecule has 0 aliphatic heterocycles. The third-order valence-corrected chi connectivity index (χ3v) is 2.92. The van der Waals surface area contributed by atoms with Crippen LogP contribution in [0, 0.1) is 0 Å². The van der Waals surface area contributed by atoms with Crippen LogP contribution in [-0.4, -0.2) is 40.3 Å². The normalized spacial score (nSPS) is 10.8. The molecule has 0 bridgehead atoms. The SMILES string of the molecule is C=CC/C(C(=O)O)=C(/CC=C)C(=O)O.C=CCOP(O)OCC=C. The molecule has 0 fully saturated rings. The summed E-state index contributed by atoms with van der Waals surface area (Å²) in [6, 6.07) is 0. The summed E-state index contributed by atoms with van der Waals surface area (Å²) in [7, 11) is -1.73. The van der Waals surface area contributed by atoms with Crippen LogP contribution in [0.15, 0.2) is 61.8 Å². The number of carboxylic acid groups (broad SMARTS) is 2. The Balaban J connectivity index is 0. The molecule has 0 saturated carbocycles. The topological polar surface area (TPSA) is 113 Å². The molecule has 0 rings (SSSR count). The van der Waals surface area contributed by atoms with E-state index in [0.717, 1.165) is 0 Å². The number of allylic oxidation sites excluding steroid dienone is 2. The van der Waals surface area contributed by atoms with E-state index >= 15 is 0 Å². The van der Waals surface area contributed by atoms with E-state index in [2.05, 4.69) is 26.3 Å². The van der Waals surface area contributed by atoms with Gasteiger partial charge in [-0.2, -0.15) is 0 Å². The molecule has 0 saturated heterocycles. The number of hydrogen-bond donors (Lipinski definition) is 3. The summed E-state index contributed by atoms with van der Waals surface area (Å²) in [6.07, 6.45) is 5.87. The van der Waals surface area contributed by atoms with E-state index in [1.807, 2.05) is 0 Å². The average Bonchev–Trinajstić information content (AvgIpc) is 2.54. The summed E-state index contributed by atoms with van der Waals surface area (Å²) < 4.78 is 9.45. The zero-order valence-electron chi connectivity index (χ0n) is 13.4. The van der Waals surface area contributed by atoms with E-state index in [-0.39, 0.29) is 24.0 Å². The van der Waals surface area contributed by atoms with Gasteiger partial charge in [-0.3, -0.25) is 0 Å². The minimum atomic E-state index is -1.73. The molecule has 134 valence electrons. The lowest BCUT2D eigenvalue weighted by Crippen LogP contribution is -2.10. The van der Waals surface area contributed by atoms with E-state index in [0.29, 0.717) is 13.2 Å². The maximum absolute atomic E-state index is 10.7. The minimum absolute atomic E-state index is 0.0325. The van der Waals surface area contributed by atoms with Crippen molar-refractivity contribution in [3.8, 4) is 0 Å². The highest BCUT2D eigenvalue weighted by Gasteiger charge is 2.17. The first-order valence-electron chi connectivity index (χ1n) is 6.72. The van der Waals surface area contributed by atoms with Crippen molar-refractivity contribution < 1.29 is 33.7 Å². The van der Waals surface area contributed by atoms with Crippen molar-refractivity contribution in [3.63, 3.8) is 0 Å². The molecule has 0 unspecified atom stereocenters. The van der Waals surface area contributed by atoms with Crippen molar-refractivity contribution in [2.45, 2.75) is 12.8 Å². The number of carbonyl (C=O) groups is 2. The molecule has 8 heteroatoms. The van der Waals surface area contributed by atoms with Gasteiger partial charge in [-0.05, 0) is 12.8 Å². The van der Waals surface area contributed by atoms with Gasteiger partial charge in [-0.1, -0.05) is 24.3 Å². The van der Waals surface area contributed by atoms with Crippen LogP contribution in [0.4, 0.5) is 0 Å². The second kappa shape index (κ2) is 15.8. The van der Waals surface area contributed by atoms with Gasteiger partial charge in [0.2, 0.25) is 0 Å². The zero-order chi connectivity index (χ0) is 19.0. The third kappa shape index (κ3) is 12.5. The second-order valence-corrected chi connectivity index (χ2v) is 4.95. The summed E-state index contributed by atoms with van der Waals surface area (Å²) in [5.41, 5.74) is -0.292. The number of carboxylic acids is 2. The van der Waals surface area contributed by atoms with Crippen LogP contribution < -0.4 is 0 Å². The molecule has 0 heterocycles. The Morgan fingerprint density at radius 2 is 1.12 bits per heavy atom. The summed E-state index contributed by atoms with van der Waals surface area (Å²) in [5.74, 6) is -2.46. The van der Waals surface area contributed by atoms with Crippen molar-refractivity contribution in [1.29, 1.82) is 0 Å². The van der Waals surface area contributed by atoms with Crippen molar-refractivity contribution >= 4 is 20.5 Å². The number of aliphatic carboxylic acids is 2. The molecule has 0 radical (unpaired) electrons. The average molecular weight is 358 g/mol. The molecule has 24 heavy (non-hydrogen) atoms. The Labute approximate surface area is 142 Å². The summed E-state index contributed by atoms with van der Waals surface area (Å²) in [6.45, 7) is 14.2. The maximum atomic E-state index is 10.7. The highest BCUT2D eigenvalue weighted by Crippen LogP contribution is 2.31.